The smallest absolute Gasteiger partial charge is 0.405 e. The van der Waals surface area contributed by atoms with Crippen molar-refractivity contribution < 1.29 is 22.7 Å². The number of rotatable bonds is 5. The monoisotopic (exact) mass is 290 g/mol. The molecule has 4 nitrogen and oxygen atoms in total. The van der Waals surface area contributed by atoms with Crippen molar-refractivity contribution in [1.82, 2.24) is 10.6 Å². The zero-order valence-corrected chi connectivity index (χ0v) is 11.3. The molecule has 0 unspecified atom stereocenters. The van der Waals surface area contributed by atoms with E-state index >= 15 is 0 Å². The second-order valence-electron chi connectivity index (χ2n) is 4.29. The fourth-order valence-corrected chi connectivity index (χ4v) is 1.66. The van der Waals surface area contributed by atoms with E-state index in [1.54, 1.807) is 5.32 Å². The Morgan fingerprint density at radius 3 is 2.60 bits per heavy atom. The van der Waals surface area contributed by atoms with Gasteiger partial charge in [0.15, 0.2) is 0 Å². The van der Waals surface area contributed by atoms with E-state index in [4.69, 9.17) is 4.74 Å². The molecule has 0 aliphatic rings. The minimum absolute atomic E-state index is 0.226. The van der Waals surface area contributed by atoms with Crippen LogP contribution in [-0.2, 0) is 6.42 Å². The molecule has 0 bridgehead atoms. The number of methoxy groups -OCH3 is 1. The number of amides is 2. The summed E-state index contributed by atoms with van der Waals surface area (Å²) in [5, 5.41) is 4.11. The lowest BCUT2D eigenvalue weighted by Gasteiger charge is -2.11. The minimum Gasteiger partial charge on any atom is -0.496 e. The molecule has 2 N–H and O–H groups in total. The maximum Gasteiger partial charge on any atom is 0.405 e. The van der Waals surface area contributed by atoms with Crippen molar-refractivity contribution in [3.05, 3.63) is 29.3 Å². The number of urea groups is 1. The van der Waals surface area contributed by atoms with Crippen LogP contribution in [0.25, 0.3) is 0 Å². The molecule has 1 aromatic carbocycles. The number of nitrogens with one attached hydrogen (secondary N) is 2. The number of hydrogen-bond acceptors (Lipinski definition) is 2. The van der Waals surface area contributed by atoms with Gasteiger partial charge >= 0.3 is 12.2 Å². The summed E-state index contributed by atoms with van der Waals surface area (Å²) < 4.78 is 40.8. The predicted molar refractivity (Wildman–Crippen MR) is 68.9 cm³/mol. The molecule has 1 aromatic rings. The molecule has 0 spiro atoms. The molecule has 0 aromatic heterocycles. The highest BCUT2D eigenvalue weighted by atomic mass is 19.4. The zero-order chi connectivity index (χ0) is 15.2. The van der Waals surface area contributed by atoms with Gasteiger partial charge in [0.05, 0.1) is 7.11 Å². The summed E-state index contributed by atoms with van der Waals surface area (Å²) in [4.78, 5) is 11.1. The highest BCUT2D eigenvalue weighted by Crippen LogP contribution is 2.19. The molecule has 0 aliphatic carbocycles. The van der Waals surface area contributed by atoms with Crippen LogP contribution in [0.3, 0.4) is 0 Å². The topological polar surface area (TPSA) is 50.4 Å². The molecule has 112 valence electrons. The van der Waals surface area contributed by atoms with E-state index in [1.807, 2.05) is 25.1 Å². The Morgan fingerprint density at radius 2 is 2.00 bits per heavy atom. The summed E-state index contributed by atoms with van der Waals surface area (Å²) >= 11 is 0. The normalized spacial score (nSPS) is 11.1. The fraction of sp³-hybridized carbons (Fsp3) is 0.462. The van der Waals surface area contributed by atoms with Crippen LogP contribution in [0.1, 0.15) is 11.1 Å². The first-order chi connectivity index (χ1) is 9.31. The first-order valence-electron chi connectivity index (χ1n) is 6.04. The van der Waals surface area contributed by atoms with Crippen LogP contribution in [0.2, 0.25) is 0 Å². The number of carbonyl (C=O) groups excluding carboxylic acids is 1. The van der Waals surface area contributed by atoms with E-state index in [9.17, 15) is 18.0 Å². The standard InChI is InChI=1S/C13H17F3N2O2/c1-9-3-4-11(20-2)10(7-9)5-6-17-12(19)18-8-13(14,15)16/h3-4,7H,5-6,8H2,1-2H3,(H2,17,18,19). The number of alkyl halides is 3. The van der Waals surface area contributed by atoms with Crippen molar-refractivity contribution in [2.24, 2.45) is 0 Å². The molecule has 20 heavy (non-hydrogen) atoms. The third kappa shape index (κ3) is 5.81. The molecule has 2 amide bonds. The average Bonchev–Trinajstić information content (AvgIpc) is 2.36. The van der Waals surface area contributed by atoms with E-state index < -0.39 is 18.8 Å². The summed E-state index contributed by atoms with van der Waals surface area (Å²) in [5.41, 5.74) is 1.94. The molecule has 0 aliphatic heterocycles. The Labute approximate surface area is 115 Å². The number of aryl methyl sites for hydroxylation is 1. The largest absolute Gasteiger partial charge is 0.496 e. The van der Waals surface area contributed by atoms with Gasteiger partial charge in [0.25, 0.3) is 0 Å². The highest BCUT2D eigenvalue weighted by Gasteiger charge is 2.27. The molecule has 0 heterocycles. The number of halogens is 3. The maximum atomic E-state index is 11.9. The summed E-state index contributed by atoms with van der Waals surface area (Å²) in [5.74, 6) is 0.688. The van der Waals surface area contributed by atoms with Gasteiger partial charge in [0, 0.05) is 6.54 Å². The second kappa shape index (κ2) is 7.02. The molecule has 7 heteroatoms. The first kappa shape index (κ1) is 16.1. The number of benzene rings is 1. The van der Waals surface area contributed by atoms with Gasteiger partial charge < -0.3 is 15.4 Å². The summed E-state index contributed by atoms with van der Waals surface area (Å²) in [6, 6.07) is 4.78. The van der Waals surface area contributed by atoms with Crippen molar-refractivity contribution in [1.29, 1.82) is 0 Å². The van der Waals surface area contributed by atoms with E-state index in [2.05, 4.69) is 5.32 Å². The van der Waals surface area contributed by atoms with E-state index in [0.29, 0.717) is 12.2 Å². The lowest BCUT2D eigenvalue weighted by Crippen LogP contribution is -2.41. The Kier molecular flexibility index (Phi) is 5.66. The van der Waals surface area contributed by atoms with Gasteiger partial charge in [-0.1, -0.05) is 17.7 Å². The predicted octanol–water partition coefficient (Wildman–Crippen LogP) is 2.41. The molecule has 1 rings (SSSR count). The number of carbonyl (C=O) groups is 1. The summed E-state index contributed by atoms with van der Waals surface area (Å²) in [7, 11) is 1.54. The lowest BCUT2D eigenvalue weighted by molar-refractivity contribution is -0.122. The summed E-state index contributed by atoms with van der Waals surface area (Å²) in [6.45, 7) is 0.808. The first-order valence-corrected chi connectivity index (χ1v) is 6.04. The van der Waals surface area contributed by atoms with Crippen LogP contribution in [0.5, 0.6) is 5.75 Å². The Balaban J connectivity index is 2.41. The van der Waals surface area contributed by atoms with Crippen molar-refractivity contribution in [2.75, 3.05) is 20.2 Å². The van der Waals surface area contributed by atoms with Crippen LogP contribution < -0.4 is 15.4 Å². The van der Waals surface area contributed by atoms with Gasteiger partial charge in [-0.25, -0.2) is 4.79 Å². The molecular formula is C13H17F3N2O2. The SMILES string of the molecule is COc1ccc(C)cc1CCNC(=O)NCC(F)(F)F. The van der Waals surface area contributed by atoms with Crippen LogP contribution in [0.15, 0.2) is 18.2 Å². The fourth-order valence-electron chi connectivity index (χ4n) is 1.66. The van der Waals surface area contributed by atoms with Gasteiger partial charge in [-0.3, -0.25) is 0 Å². The number of hydrogen-bond donors (Lipinski definition) is 2. The van der Waals surface area contributed by atoms with Crippen LogP contribution in [0, 0.1) is 6.92 Å². The highest BCUT2D eigenvalue weighted by molar-refractivity contribution is 5.73. The van der Waals surface area contributed by atoms with Crippen molar-refractivity contribution in [2.45, 2.75) is 19.5 Å². The molecule has 0 fully saturated rings. The lowest BCUT2D eigenvalue weighted by atomic mass is 10.1. The van der Waals surface area contributed by atoms with Gasteiger partial charge in [-0.05, 0) is 25.0 Å². The molecule has 0 saturated heterocycles. The Hall–Kier alpha value is -1.92. The maximum absolute atomic E-state index is 11.9. The van der Waals surface area contributed by atoms with Gasteiger partial charge in [0.2, 0.25) is 0 Å². The van der Waals surface area contributed by atoms with Crippen LogP contribution >= 0.6 is 0 Å². The van der Waals surface area contributed by atoms with E-state index in [1.165, 1.54) is 7.11 Å². The minimum atomic E-state index is -4.41. The van der Waals surface area contributed by atoms with Crippen molar-refractivity contribution in [3.63, 3.8) is 0 Å². The van der Waals surface area contributed by atoms with E-state index in [-0.39, 0.29) is 6.54 Å². The van der Waals surface area contributed by atoms with Crippen molar-refractivity contribution >= 4 is 6.03 Å². The van der Waals surface area contributed by atoms with Gasteiger partial charge in [0.1, 0.15) is 12.3 Å². The van der Waals surface area contributed by atoms with Crippen molar-refractivity contribution in [3.8, 4) is 5.75 Å². The Morgan fingerprint density at radius 1 is 1.30 bits per heavy atom. The third-order valence-corrected chi connectivity index (χ3v) is 2.57. The third-order valence-electron chi connectivity index (χ3n) is 2.57. The average molecular weight is 290 g/mol. The van der Waals surface area contributed by atoms with Crippen LogP contribution in [0.4, 0.5) is 18.0 Å². The van der Waals surface area contributed by atoms with Crippen LogP contribution in [-0.4, -0.2) is 32.4 Å². The summed E-state index contributed by atoms with van der Waals surface area (Å²) in [6.07, 6.45) is -3.93. The Bertz CT molecular complexity index is 461. The molecule has 0 saturated carbocycles. The molecular weight excluding hydrogens is 273 g/mol. The van der Waals surface area contributed by atoms with Gasteiger partial charge in [-0.15, -0.1) is 0 Å². The number of ether oxygens (including phenoxy) is 1. The second-order valence-corrected chi connectivity index (χ2v) is 4.29. The quantitative estimate of drug-likeness (QED) is 0.875. The molecule has 0 radical (unpaired) electrons. The molecule has 0 atom stereocenters. The zero-order valence-electron chi connectivity index (χ0n) is 11.3. The van der Waals surface area contributed by atoms with Gasteiger partial charge in [-0.2, -0.15) is 13.2 Å². The van der Waals surface area contributed by atoms with E-state index in [0.717, 1.165) is 11.1 Å².